The molecule has 0 bridgehead atoms. The van der Waals surface area contributed by atoms with Gasteiger partial charge in [0.15, 0.2) is 9.84 Å². The molecule has 1 heterocycles. The fourth-order valence-corrected chi connectivity index (χ4v) is 5.25. The van der Waals surface area contributed by atoms with Crippen LogP contribution in [0.1, 0.15) is 39.5 Å². The van der Waals surface area contributed by atoms with Gasteiger partial charge in [0.25, 0.3) is 0 Å². The molecule has 17 heavy (non-hydrogen) atoms. The highest BCUT2D eigenvalue weighted by Gasteiger charge is 2.46. The molecule has 100 valence electrons. The summed E-state index contributed by atoms with van der Waals surface area (Å²) >= 11 is 0. The molecule has 1 saturated heterocycles. The Balaban J connectivity index is 2.05. The van der Waals surface area contributed by atoms with Gasteiger partial charge in [-0.05, 0) is 31.1 Å². The second-order valence-corrected chi connectivity index (χ2v) is 8.32. The summed E-state index contributed by atoms with van der Waals surface area (Å²) in [6.45, 7) is 4.81. The molecule has 2 N–H and O–H groups in total. The highest BCUT2D eigenvalue weighted by atomic mass is 32.2. The van der Waals surface area contributed by atoms with Crippen molar-refractivity contribution in [2.24, 2.45) is 11.1 Å². The largest absolute Gasteiger partial charge is 0.377 e. The maximum atomic E-state index is 12.3. The number of hydrogen-bond acceptors (Lipinski definition) is 4. The molecule has 0 aromatic rings. The van der Waals surface area contributed by atoms with E-state index in [1.165, 1.54) is 0 Å². The van der Waals surface area contributed by atoms with Crippen LogP contribution in [0.15, 0.2) is 0 Å². The van der Waals surface area contributed by atoms with E-state index in [9.17, 15) is 8.42 Å². The standard InChI is InChI=1S/C12H23NO3S/c1-12(2)6-5-10(11(12)13)17(14,15)8-9-4-3-7-16-9/h9-11H,3-8,13H2,1-2H3. The lowest BCUT2D eigenvalue weighted by Crippen LogP contribution is -2.45. The normalized spacial score (nSPS) is 37.5. The van der Waals surface area contributed by atoms with Gasteiger partial charge in [-0.15, -0.1) is 0 Å². The van der Waals surface area contributed by atoms with Crippen LogP contribution in [0.5, 0.6) is 0 Å². The van der Waals surface area contributed by atoms with Crippen molar-refractivity contribution in [3.8, 4) is 0 Å². The van der Waals surface area contributed by atoms with E-state index in [2.05, 4.69) is 13.8 Å². The van der Waals surface area contributed by atoms with Crippen LogP contribution in [0.4, 0.5) is 0 Å². The smallest absolute Gasteiger partial charge is 0.157 e. The minimum atomic E-state index is -3.11. The van der Waals surface area contributed by atoms with Gasteiger partial charge in [-0.2, -0.15) is 0 Å². The average Bonchev–Trinajstić information content (AvgIpc) is 2.76. The quantitative estimate of drug-likeness (QED) is 0.826. The zero-order valence-corrected chi connectivity index (χ0v) is 11.5. The van der Waals surface area contributed by atoms with Gasteiger partial charge >= 0.3 is 0 Å². The Morgan fingerprint density at radius 1 is 1.35 bits per heavy atom. The van der Waals surface area contributed by atoms with Crippen LogP contribution in [0, 0.1) is 5.41 Å². The first-order chi connectivity index (χ1) is 7.83. The Hall–Kier alpha value is -0.130. The van der Waals surface area contributed by atoms with E-state index >= 15 is 0 Å². The molecule has 1 aliphatic carbocycles. The van der Waals surface area contributed by atoms with Crippen molar-refractivity contribution in [3.05, 3.63) is 0 Å². The van der Waals surface area contributed by atoms with Gasteiger partial charge in [-0.1, -0.05) is 13.8 Å². The van der Waals surface area contributed by atoms with Gasteiger partial charge in [-0.3, -0.25) is 0 Å². The van der Waals surface area contributed by atoms with Crippen LogP contribution in [0.2, 0.25) is 0 Å². The lowest BCUT2D eigenvalue weighted by atomic mass is 9.88. The summed E-state index contributed by atoms with van der Waals surface area (Å²) in [5.41, 5.74) is 6.04. The van der Waals surface area contributed by atoms with Crippen LogP contribution in [0.3, 0.4) is 0 Å². The van der Waals surface area contributed by atoms with Crippen molar-refractivity contribution < 1.29 is 13.2 Å². The van der Waals surface area contributed by atoms with Gasteiger partial charge in [0.1, 0.15) is 0 Å². The van der Waals surface area contributed by atoms with Crippen molar-refractivity contribution in [2.75, 3.05) is 12.4 Å². The summed E-state index contributed by atoms with van der Waals surface area (Å²) in [7, 11) is -3.11. The summed E-state index contributed by atoms with van der Waals surface area (Å²) in [5, 5.41) is -0.373. The summed E-state index contributed by atoms with van der Waals surface area (Å²) in [6.07, 6.45) is 3.33. The Morgan fingerprint density at radius 2 is 2.06 bits per heavy atom. The SMILES string of the molecule is CC1(C)CCC(S(=O)(=O)CC2CCCO2)C1N. The number of hydrogen-bond donors (Lipinski definition) is 1. The zero-order chi connectivity index (χ0) is 12.7. The maximum Gasteiger partial charge on any atom is 0.157 e. The van der Waals surface area contributed by atoms with E-state index in [-0.39, 0.29) is 28.6 Å². The minimum absolute atomic E-state index is 0.0612. The van der Waals surface area contributed by atoms with E-state index in [1.807, 2.05) is 0 Å². The molecule has 2 rings (SSSR count). The molecule has 3 unspecified atom stereocenters. The Kier molecular flexibility index (Phi) is 3.54. The average molecular weight is 261 g/mol. The summed E-state index contributed by atoms with van der Waals surface area (Å²) in [5.74, 6) is 0.154. The molecule has 0 radical (unpaired) electrons. The summed E-state index contributed by atoms with van der Waals surface area (Å²) in [4.78, 5) is 0. The molecule has 5 heteroatoms. The van der Waals surface area contributed by atoms with E-state index in [4.69, 9.17) is 10.5 Å². The predicted molar refractivity (Wildman–Crippen MR) is 67.5 cm³/mol. The third kappa shape index (κ3) is 2.66. The van der Waals surface area contributed by atoms with Crippen LogP contribution < -0.4 is 5.73 Å². The molecular formula is C12H23NO3S. The Bertz CT molecular complexity index is 371. The first-order valence-corrected chi connectivity index (χ1v) is 8.13. The Morgan fingerprint density at radius 3 is 2.53 bits per heavy atom. The summed E-state index contributed by atoms with van der Waals surface area (Å²) < 4.78 is 30.1. The fourth-order valence-electron chi connectivity index (χ4n) is 2.93. The molecule has 1 saturated carbocycles. The van der Waals surface area contributed by atoms with Crippen molar-refractivity contribution in [2.45, 2.75) is 56.9 Å². The molecule has 4 nitrogen and oxygen atoms in total. The molecule has 3 atom stereocenters. The molecule has 1 aliphatic heterocycles. The minimum Gasteiger partial charge on any atom is -0.377 e. The molecule has 2 fully saturated rings. The zero-order valence-electron chi connectivity index (χ0n) is 10.7. The van der Waals surface area contributed by atoms with Crippen LogP contribution in [0.25, 0.3) is 0 Å². The van der Waals surface area contributed by atoms with Crippen LogP contribution in [-0.4, -0.2) is 38.2 Å². The van der Waals surface area contributed by atoms with Crippen molar-refractivity contribution in [1.82, 2.24) is 0 Å². The fraction of sp³-hybridized carbons (Fsp3) is 1.00. The third-order valence-electron chi connectivity index (χ3n) is 4.28. The highest BCUT2D eigenvalue weighted by Crippen LogP contribution is 2.39. The second kappa shape index (κ2) is 4.52. The first-order valence-electron chi connectivity index (χ1n) is 6.42. The monoisotopic (exact) mass is 261 g/mol. The van der Waals surface area contributed by atoms with Crippen molar-refractivity contribution >= 4 is 9.84 Å². The topological polar surface area (TPSA) is 69.4 Å². The molecule has 0 amide bonds. The molecule has 2 aliphatic rings. The highest BCUT2D eigenvalue weighted by molar-refractivity contribution is 7.92. The Labute approximate surface area is 104 Å². The van der Waals surface area contributed by atoms with E-state index in [1.54, 1.807) is 0 Å². The van der Waals surface area contributed by atoms with E-state index in [0.717, 1.165) is 19.3 Å². The van der Waals surface area contributed by atoms with Gasteiger partial charge in [0.05, 0.1) is 17.1 Å². The van der Waals surface area contributed by atoms with Crippen LogP contribution >= 0.6 is 0 Å². The number of sulfone groups is 1. The van der Waals surface area contributed by atoms with Crippen molar-refractivity contribution in [1.29, 1.82) is 0 Å². The van der Waals surface area contributed by atoms with E-state index in [0.29, 0.717) is 13.0 Å². The number of ether oxygens (including phenoxy) is 1. The predicted octanol–water partition coefficient (Wildman–Crippen LogP) is 1.10. The van der Waals surface area contributed by atoms with Crippen LogP contribution in [-0.2, 0) is 14.6 Å². The second-order valence-electron chi connectivity index (χ2n) is 6.06. The van der Waals surface area contributed by atoms with E-state index < -0.39 is 9.84 Å². The van der Waals surface area contributed by atoms with Gasteiger partial charge in [0.2, 0.25) is 0 Å². The van der Waals surface area contributed by atoms with Gasteiger partial charge in [0, 0.05) is 12.6 Å². The molecule has 0 aromatic heterocycles. The van der Waals surface area contributed by atoms with Gasteiger partial charge < -0.3 is 10.5 Å². The maximum absolute atomic E-state index is 12.3. The molecule has 0 spiro atoms. The third-order valence-corrected chi connectivity index (χ3v) is 6.57. The molecular weight excluding hydrogens is 238 g/mol. The number of nitrogens with two attached hydrogens (primary N) is 1. The first kappa shape index (κ1) is 13.3. The molecule has 0 aromatic carbocycles. The summed E-state index contributed by atoms with van der Waals surface area (Å²) in [6, 6.07) is -0.242. The lowest BCUT2D eigenvalue weighted by molar-refractivity contribution is 0.127. The lowest BCUT2D eigenvalue weighted by Gasteiger charge is -2.27. The van der Waals surface area contributed by atoms with Gasteiger partial charge in [-0.25, -0.2) is 8.42 Å². The van der Waals surface area contributed by atoms with Crippen molar-refractivity contribution in [3.63, 3.8) is 0 Å². The number of rotatable bonds is 3.